The molecule has 0 saturated carbocycles. The molecule has 2 atom stereocenters. The van der Waals surface area contributed by atoms with Crippen LogP contribution in [0.15, 0.2) is 12.1 Å². The van der Waals surface area contributed by atoms with Crippen LogP contribution in [0.4, 0.5) is 0 Å². The molecule has 1 aliphatic rings. The average molecular weight is 320 g/mol. The highest BCUT2D eigenvalue weighted by Crippen LogP contribution is 2.11. The first kappa shape index (κ1) is 19.2. The van der Waals surface area contributed by atoms with Gasteiger partial charge >= 0.3 is 0 Å². The number of aromatic nitrogens is 1. The third kappa shape index (κ3) is 4.62. The molecule has 0 aliphatic carbocycles. The molecule has 2 unspecified atom stereocenters. The lowest BCUT2D eigenvalue weighted by Crippen LogP contribution is -2.52. The normalized spacial score (nSPS) is 21.4. The Balaban J connectivity index is 0.00000180. The van der Waals surface area contributed by atoms with E-state index in [0.717, 1.165) is 30.8 Å². The Bertz CT molecular complexity index is 454. The summed E-state index contributed by atoms with van der Waals surface area (Å²) in [7, 11) is 0. The predicted octanol–water partition coefficient (Wildman–Crippen LogP) is 2.41. The molecular weight excluding hydrogens is 297 g/mol. The van der Waals surface area contributed by atoms with Crippen LogP contribution in [0.1, 0.15) is 41.5 Å². The SMILES string of the molecule is Cc1ccc(C(=O)NC2CCCNC2C)c(C)n1.Cl.Cl. The van der Waals surface area contributed by atoms with E-state index in [1.165, 1.54) is 0 Å². The van der Waals surface area contributed by atoms with Crippen LogP contribution < -0.4 is 10.6 Å². The highest BCUT2D eigenvalue weighted by molar-refractivity contribution is 5.95. The molecule has 0 spiro atoms. The van der Waals surface area contributed by atoms with E-state index in [4.69, 9.17) is 0 Å². The summed E-state index contributed by atoms with van der Waals surface area (Å²) in [6.07, 6.45) is 2.15. The molecule has 0 bridgehead atoms. The van der Waals surface area contributed by atoms with Crippen molar-refractivity contribution >= 4 is 30.7 Å². The van der Waals surface area contributed by atoms with Gasteiger partial charge in [0.25, 0.3) is 5.91 Å². The zero-order valence-electron chi connectivity index (χ0n) is 12.1. The van der Waals surface area contributed by atoms with E-state index in [1.807, 2.05) is 26.0 Å². The first-order valence-electron chi connectivity index (χ1n) is 6.56. The standard InChI is InChI=1S/C14H21N3O.2ClH/c1-9-6-7-12(10(2)16-9)14(18)17-13-5-4-8-15-11(13)3;;/h6-7,11,13,15H,4-5,8H2,1-3H3,(H,17,18);2*1H. The van der Waals surface area contributed by atoms with Crippen molar-refractivity contribution in [3.8, 4) is 0 Å². The van der Waals surface area contributed by atoms with Crippen molar-refractivity contribution in [2.24, 2.45) is 0 Å². The smallest absolute Gasteiger partial charge is 0.253 e. The van der Waals surface area contributed by atoms with Crippen LogP contribution in [-0.4, -0.2) is 29.5 Å². The maximum absolute atomic E-state index is 12.2. The van der Waals surface area contributed by atoms with E-state index in [-0.39, 0.29) is 36.8 Å². The fourth-order valence-corrected chi connectivity index (χ4v) is 2.41. The van der Waals surface area contributed by atoms with Crippen molar-refractivity contribution in [3.63, 3.8) is 0 Å². The van der Waals surface area contributed by atoms with Gasteiger partial charge in [0.1, 0.15) is 0 Å². The summed E-state index contributed by atoms with van der Waals surface area (Å²) in [5.74, 6) is -0.0134. The number of amides is 1. The number of piperidine rings is 1. The highest BCUT2D eigenvalue weighted by atomic mass is 35.5. The molecule has 2 N–H and O–H groups in total. The highest BCUT2D eigenvalue weighted by Gasteiger charge is 2.23. The molecule has 2 rings (SSSR count). The van der Waals surface area contributed by atoms with Crippen molar-refractivity contribution in [1.29, 1.82) is 0 Å². The molecule has 1 saturated heterocycles. The zero-order chi connectivity index (χ0) is 13.1. The lowest BCUT2D eigenvalue weighted by molar-refractivity contribution is 0.0919. The van der Waals surface area contributed by atoms with Crippen molar-refractivity contribution in [2.45, 2.75) is 45.7 Å². The van der Waals surface area contributed by atoms with Crippen LogP contribution in [-0.2, 0) is 0 Å². The maximum Gasteiger partial charge on any atom is 0.253 e. The Kier molecular flexibility index (Phi) is 8.09. The zero-order valence-corrected chi connectivity index (χ0v) is 13.7. The minimum absolute atomic E-state index is 0. The second-order valence-electron chi connectivity index (χ2n) is 5.05. The third-order valence-corrected chi connectivity index (χ3v) is 3.55. The Hall–Kier alpha value is -0.840. The number of hydrogen-bond donors (Lipinski definition) is 2. The van der Waals surface area contributed by atoms with Crippen molar-refractivity contribution in [2.75, 3.05) is 6.54 Å². The minimum atomic E-state index is -0.0134. The second-order valence-corrected chi connectivity index (χ2v) is 5.05. The van der Waals surface area contributed by atoms with Crippen LogP contribution in [0.3, 0.4) is 0 Å². The first-order chi connectivity index (χ1) is 8.58. The summed E-state index contributed by atoms with van der Waals surface area (Å²) in [6.45, 7) is 6.97. The minimum Gasteiger partial charge on any atom is -0.348 e. The van der Waals surface area contributed by atoms with E-state index in [0.29, 0.717) is 11.6 Å². The summed E-state index contributed by atoms with van der Waals surface area (Å²) >= 11 is 0. The number of nitrogens with zero attached hydrogens (tertiary/aromatic N) is 1. The van der Waals surface area contributed by atoms with Gasteiger partial charge in [-0.1, -0.05) is 0 Å². The molecule has 0 radical (unpaired) electrons. The molecule has 1 aromatic heterocycles. The molecule has 1 aromatic rings. The van der Waals surface area contributed by atoms with Gasteiger partial charge < -0.3 is 10.6 Å². The number of halogens is 2. The Morgan fingerprint density at radius 2 is 2.05 bits per heavy atom. The molecule has 1 amide bonds. The molecule has 20 heavy (non-hydrogen) atoms. The van der Waals surface area contributed by atoms with E-state index < -0.39 is 0 Å². The van der Waals surface area contributed by atoms with Gasteiger partial charge in [-0.05, 0) is 52.3 Å². The molecule has 0 aromatic carbocycles. The van der Waals surface area contributed by atoms with E-state index in [9.17, 15) is 4.79 Å². The number of carbonyl (C=O) groups excluding carboxylic acids is 1. The van der Waals surface area contributed by atoms with Gasteiger partial charge in [-0.2, -0.15) is 0 Å². The van der Waals surface area contributed by atoms with Gasteiger partial charge in [0, 0.05) is 17.8 Å². The van der Waals surface area contributed by atoms with Crippen molar-refractivity contribution in [1.82, 2.24) is 15.6 Å². The van der Waals surface area contributed by atoms with Gasteiger partial charge in [-0.15, -0.1) is 24.8 Å². The quantitative estimate of drug-likeness (QED) is 0.880. The monoisotopic (exact) mass is 319 g/mol. The van der Waals surface area contributed by atoms with Crippen molar-refractivity contribution in [3.05, 3.63) is 29.1 Å². The Labute approximate surface area is 132 Å². The molecular formula is C14H23Cl2N3O. The molecule has 6 heteroatoms. The number of nitrogens with one attached hydrogen (secondary N) is 2. The van der Waals surface area contributed by atoms with E-state index >= 15 is 0 Å². The van der Waals surface area contributed by atoms with Crippen LogP contribution in [0.25, 0.3) is 0 Å². The van der Waals surface area contributed by atoms with Crippen LogP contribution >= 0.6 is 24.8 Å². The average Bonchev–Trinajstić information content (AvgIpc) is 2.32. The lowest BCUT2D eigenvalue weighted by Gasteiger charge is -2.30. The van der Waals surface area contributed by atoms with Crippen LogP contribution in [0, 0.1) is 13.8 Å². The first-order valence-corrected chi connectivity index (χ1v) is 6.56. The number of carbonyl (C=O) groups is 1. The largest absolute Gasteiger partial charge is 0.348 e. The number of rotatable bonds is 2. The molecule has 2 heterocycles. The molecule has 114 valence electrons. The summed E-state index contributed by atoms with van der Waals surface area (Å²) in [6, 6.07) is 4.28. The number of hydrogen-bond acceptors (Lipinski definition) is 3. The second kappa shape index (κ2) is 8.45. The Morgan fingerprint density at radius 1 is 1.35 bits per heavy atom. The maximum atomic E-state index is 12.2. The van der Waals surface area contributed by atoms with Gasteiger partial charge in [-0.25, -0.2) is 0 Å². The topological polar surface area (TPSA) is 54.0 Å². The summed E-state index contributed by atoms with van der Waals surface area (Å²) in [4.78, 5) is 16.5. The summed E-state index contributed by atoms with van der Waals surface area (Å²) in [5, 5.41) is 6.49. The molecule has 4 nitrogen and oxygen atoms in total. The van der Waals surface area contributed by atoms with Crippen LogP contribution in [0.2, 0.25) is 0 Å². The van der Waals surface area contributed by atoms with E-state index in [2.05, 4.69) is 22.5 Å². The van der Waals surface area contributed by atoms with E-state index in [1.54, 1.807) is 0 Å². The molecule has 1 aliphatic heterocycles. The van der Waals surface area contributed by atoms with Crippen LogP contribution in [0.5, 0.6) is 0 Å². The van der Waals surface area contributed by atoms with Gasteiger partial charge in [-0.3, -0.25) is 9.78 Å². The number of aryl methyl sites for hydroxylation is 2. The molecule has 1 fully saturated rings. The fraction of sp³-hybridized carbons (Fsp3) is 0.571. The summed E-state index contributed by atoms with van der Waals surface area (Å²) < 4.78 is 0. The fourth-order valence-electron chi connectivity index (χ4n) is 2.41. The Morgan fingerprint density at radius 3 is 2.65 bits per heavy atom. The predicted molar refractivity (Wildman–Crippen MR) is 86.2 cm³/mol. The van der Waals surface area contributed by atoms with Crippen molar-refractivity contribution < 1.29 is 4.79 Å². The summed E-state index contributed by atoms with van der Waals surface area (Å²) in [5.41, 5.74) is 2.42. The third-order valence-electron chi connectivity index (χ3n) is 3.55. The van der Waals surface area contributed by atoms with Gasteiger partial charge in [0.05, 0.1) is 11.3 Å². The van der Waals surface area contributed by atoms with Gasteiger partial charge in [0.2, 0.25) is 0 Å². The lowest BCUT2D eigenvalue weighted by atomic mass is 9.99. The number of pyridine rings is 1. The van der Waals surface area contributed by atoms with Gasteiger partial charge in [0.15, 0.2) is 0 Å².